The van der Waals surface area contributed by atoms with Gasteiger partial charge in [-0.05, 0) is 65.1 Å². The lowest BCUT2D eigenvalue weighted by Gasteiger charge is -2.29. The van der Waals surface area contributed by atoms with Crippen molar-refractivity contribution in [2.24, 2.45) is 5.92 Å². The monoisotopic (exact) mass is 473 g/mol. The summed E-state index contributed by atoms with van der Waals surface area (Å²) in [6.07, 6.45) is 1.67. The van der Waals surface area contributed by atoms with E-state index in [1.165, 1.54) is 14.7 Å². The van der Waals surface area contributed by atoms with Crippen LogP contribution in [-0.4, -0.2) is 38.8 Å². The molecule has 0 atom stereocenters. The highest BCUT2D eigenvalue weighted by molar-refractivity contribution is 14.1. The molecule has 1 aliphatic heterocycles. The highest BCUT2D eigenvalue weighted by Crippen LogP contribution is 2.23. The predicted octanol–water partition coefficient (Wildman–Crippen LogP) is 3.46. The first-order valence-corrected chi connectivity index (χ1v) is 10.4. The molecule has 0 fully saturated rings. The van der Waals surface area contributed by atoms with Gasteiger partial charge in [0.15, 0.2) is 0 Å². The zero-order valence-corrected chi connectivity index (χ0v) is 17.4. The van der Waals surface area contributed by atoms with Crippen LogP contribution in [0.15, 0.2) is 18.2 Å². The van der Waals surface area contributed by atoms with E-state index in [0.717, 1.165) is 26.1 Å². The number of hydrogen-bond donors (Lipinski definition) is 0. The van der Waals surface area contributed by atoms with Crippen LogP contribution in [0.5, 0.6) is 0 Å². The molecule has 0 aromatic heterocycles. The molecule has 0 aliphatic carbocycles. The van der Waals surface area contributed by atoms with E-state index < -0.39 is 10.1 Å². The van der Waals surface area contributed by atoms with Crippen molar-refractivity contribution in [3.05, 3.63) is 32.9 Å². The van der Waals surface area contributed by atoms with Gasteiger partial charge in [0.25, 0.3) is 10.1 Å². The van der Waals surface area contributed by atoms with E-state index in [-0.39, 0.29) is 30.7 Å². The van der Waals surface area contributed by atoms with Crippen molar-refractivity contribution >= 4 is 45.1 Å². The topological polar surface area (TPSA) is 46.6 Å². The molecule has 0 amide bonds. The number of nitrogens with zero attached hydrogens (tertiary/aromatic N) is 1. The second-order valence-corrected chi connectivity index (χ2v) is 9.12. The molecule has 4 nitrogen and oxygen atoms in total. The molecule has 1 aliphatic rings. The highest BCUT2D eigenvalue weighted by atomic mass is 127. The summed E-state index contributed by atoms with van der Waals surface area (Å²) in [4.78, 5) is 2.33. The van der Waals surface area contributed by atoms with Crippen LogP contribution in [0.25, 0.3) is 0 Å². The fraction of sp³-hybridized carbons (Fsp3) is 0.625. The number of halogens is 2. The number of fused-ring (bicyclic) bond motifs is 1. The van der Waals surface area contributed by atoms with Crippen LogP contribution in [0.4, 0.5) is 0 Å². The normalized spacial score (nSPS) is 15.3. The average Bonchev–Trinajstić information content (AvgIpc) is 2.45. The molecule has 1 heterocycles. The fourth-order valence-electron chi connectivity index (χ4n) is 2.58. The van der Waals surface area contributed by atoms with E-state index >= 15 is 0 Å². The summed E-state index contributed by atoms with van der Waals surface area (Å²) in [5, 5.41) is 0. The van der Waals surface area contributed by atoms with Gasteiger partial charge in [-0.2, -0.15) is 8.42 Å². The van der Waals surface area contributed by atoms with Gasteiger partial charge in [0, 0.05) is 16.7 Å². The van der Waals surface area contributed by atoms with Crippen LogP contribution in [0, 0.1) is 9.49 Å². The van der Waals surface area contributed by atoms with Crippen LogP contribution in [0.2, 0.25) is 0 Å². The molecule has 0 radical (unpaired) electrons. The number of hydrogen-bond acceptors (Lipinski definition) is 4. The van der Waals surface area contributed by atoms with Crippen molar-refractivity contribution in [3.8, 4) is 0 Å². The lowest BCUT2D eigenvalue weighted by atomic mass is 10.00. The maximum absolute atomic E-state index is 11.8. The van der Waals surface area contributed by atoms with Crippen LogP contribution in [0.1, 0.15) is 31.4 Å². The van der Waals surface area contributed by atoms with Crippen molar-refractivity contribution in [2.45, 2.75) is 33.2 Å². The summed E-state index contributed by atoms with van der Waals surface area (Å²) >= 11 is 2.39. The highest BCUT2D eigenvalue weighted by Gasteiger charge is 2.19. The van der Waals surface area contributed by atoms with Gasteiger partial charge in [0.05, 0.1) is 12.4 Å². The third-order valence-corrected chi connectivity index (χ3v) is 6.03. The van der Waals surface area contributed by atoms with Gasteiger partial charge in [-0.15, -0.1) is 12.4 Å². The second kappa shape index (κ2) is 9.56. The first kappa shape index (κ1) is 21.2. The Kier molecular flexibility index (Phi) is 8.79. The molecule has 0 spiro atoms. The summed E-state index contributed by atoms with van der Waals surface area (Å²) in [6, 6.07) is 6.41. The predicted molar refractivity (Wildman–Crippen MR) is 105 cm³/mol. The second-order valence-electron chi connectivity index (χ2n) is 6.20. The standard InChI is InChI=1S/C16H24INO3S.ClH/c1-13(2)12-21-22(19,20)10-4-8-18-9-7-15-14(11-18)5-3-6-16(15)17;/h3,5-6,13H,4,7-12H2,1-2H3;1H. The quantitative estimate of drug-likeness (QED) is 0.449. The van der Waals surface area contributed by atoms with E-state index in [1.54, 1.807) is 0 Å². The maximum Gasteiger partial charge on any atom is 0.267 e. The summed E-state index contributed by atoms with van der Waals surface area (Å²) < 4.78 is 29.9. The van der Waals surface area contributed by atoms with E-state index in [4.69, 9.17) is 4.18 Å². The van der Waals surface area contributed by atoms with E-state index in [2.05, 4.69) is 45.7 Å². The fourth-order valence-corrected chi connectivity index (χ4v) is 4.48. The van der Waals surface area contributed by atoms with Gasteiger partial charge in [0.1, 0.15) is 0 Å². The van der Waals surface area contributed by atoms with Crippen molar-refractivity contribution in [2.75, 3.05) is 25.4 Å². The molecule has 0 saturated carbocycles. The smallest absolute Gasteiger partial charge is 0.267 e. The Hall–Kier alpha value is 0.110. The molecular weight excluding hydrogens is 449 g/mol. The Morgan fingerprint density at radius 3 is 2.78 bits per heavy atom. The number of rotatable bonds is 7. The third kappa shape index (κ3) is 6.86. The van der Waals surface area contributed by atoms with Gasteiger partial charge < -0.3 is 0 Å². The van der Waals surface area contributed by atoms with Crippen LogP contribution >= 0.6 is 35.0 Å². The SMILES string of the molecule is CC(C)COS(=O)(=O)CCCN1CCc2c(I)cccc2C1.Cl. The summed E-state index contributed by atoms with van der Waals surface area (Å²) in [7, 11) is -3.37. The van der Waals surface area contributed by atoms with Gasteiger partial charge in [-0.3, -0.25) is 9.08 Å². The summed E-state index contributed by atoms with van der Waals surface area (Å²) in [6.45, 7) is 6.89. The molecule has 132 valence electrons. The minimum Gasteiger partial charge on any atom is -0.299 e. The van der Waals surface area contributed by atoms with E-state index in [1.807, 2.05) is 13.8 Å². The Labute approximate surface area is 159 Å². The van der Waals surface area contributed by atoms with Crippen molar-refractivity contribution in [1.29, 1.82) is 0 Å². The van der Waals surface area contributed by atoms with Gasteiger partial charge >= 0.3 is 0 Å². The van der Waals surface area contributed by atoms with Crippen LogP contribution in [-0.2, 0) is 27.3 Å². The molecule has 0 saturated heterocycles. The van der Waals surface area contributed by atoms with Crippen molar-refractivity contribution in [3.63, 3.8) is 0 Å². The molecule has 0 unspecified atom stereocenters. The van der Waals surface area contributed by atoms with Crippen molar-refractivity contribution < 1.29 is 12.6 Å². The van der Waals surface area contributed by atoms with E-state index in [0.29, 0.717) is 6.42 Å². The minimum absolute atomic E-state index is 0. The Bertz CT molecular complexity index is 607. The summed E-state index contributed by atoms with van der Waals surface area (Å²) in [5.41, 5.74) is 2.82. The molecule has 1 aromatic carbocycles. The molecule has 2 rings (SSSR count). The van der Waals surface area contributed by atoms with Crippen LogP contribution < -0.4 is 0 Å². The zero-order chi connectivity index (χ0) is 16.2. The van der Waals surface area contributed by atoms with Crippen LogP contribution in [0.3, 0.4) is 0 Å². The molecule has 1 aromatic rings. The zero-order valence-electron chi connectivity index (χ0n) is 13.6. The largest absolute Gasteiger partial charge is 0.299 e. The van der Waals surface area contributed by atoms with Gasteiger partial charge in [-0.25, -0.2) is 0 Å². The average molecular weight is 474 g/mol. The third-order valence-electron chi connectivity index (χ3n) is 3.74. The maximum atomic E-state index is 11.8. The first-order valence-electron chi connectivity index (χ1n) is 7.73. The Morgan fingerprint density at radius 1 is 1.35 bits per heavy atom. The van der Waals surface area contributed by atoms with Gasteiger partial charge in [0.2, 0.25) is 0 Å². The first-order chi connectivity index (χ1) is 10.4. The van der Waals surface area contributed by atoms with Crippen molar-refractivity contribution in [1.82, 2.24) is 4.90 Å². The molecule has 0 N–H and O–H groups in total. The number of benzene rings is 1. The summed E-state index contributed by atoms with van der Waals surface area (Å²) in [5.74, 6) is 0.339. The van der Waals surface area contributed by atoms with E-state index in [9.17, 15) is 8.42 Å². The molecule has 23 heavy (non-hydrogen) atoms. The minimum atomic E-state index is -3.37. The molecular formula is C16H25ClINO3S. The molecule has 0 bridgehead atoms. The lowest BCUT2D eigenvalue weighted by Crippen LogP contribution is -2.32. The lowest BCUT2D eigenvalue weighted by molar-refractivity contribution is 0.249. The van der Waals surface area contributed by atoms with Gasteiger partial charge in [-0.1, -0.05) is 26.0 Å². The Morgan fingerprint density at radius 2 is 2.09 bits per heavy atom. The Balaban J connectivity index is 0.00000264. The molecule has 7 heteroatoms.